The van der Waals surface area contributed by atoms with Crippen LogP contribution in [0, 0.1) is 5.92 Å². The Kier molecular flexibility index (Phi) is 4.11. The lowest BCUT2D eigenvalue weighted by Gasteiger charge is -2.51. The van der Waals surface area contributed by atoms with Gasteiger partial charge in [-0.05, 0) is 32.6 Å². The van der Waals surface area contributed by atoms with Crippen molar-refractivity contribution in [1.29, 1.82) is 0 Å². The molecule has 1 aliphatic heterocycles. The Morgan fingerprint density at radius 2 is 1.88 bits per heavy atom. The molecule has 0 amide bonds. The monoisotopic (exact) mass is 240 g/mol. The first kappa shape index (κ1) is 13.3. The lowest BCUT2D eigenvalue weighted by molar-refractivity contribution is -0.111. The fraction of sp³-hybridized carbons (Fsp3) is 1.00. The summed E-state index contributed by atoms with van der Waals surface area (Å²) in [7, 11) is 0. The van der Waals surface area contributed by atoms with Crippen LogP contribution >= 0.6 is 0 Å². The molecule has 3 nitrogen and oxygen atoms in total. The molecule has 3 heteroatoms. The van der Waals surface area contributed by atoms with E-state index in [1.807, 2.05) is 0 Å². The van der Waals surface area contributed by atoms with Gasteiger partial charge in [0.2, 0.25) is 0 Å². The van der Waals surface area contributed by atoms with Gasteiger partial charge in [-0.3, -0.25) is 4.90 Å². The highest BCUT2D eigenvalue weighted by Crippen LogP contribution is 2.37. The molecular weight excluding hydrogens is 212 g/mol. The van der Waals surface area contributed by atoms with Gasteiger partial charge in [0.25, 0.3) is 0 Å². The highest BCUT2D eigenvalue weighted by atomic mass is 16.5. The van der Waals surface area contributed by atoms with Crippen molar-refractivity contribution in [1.82, 2.24) is 4.90 Å². The van der Waals surface area contributed by atoms with Crippen molar-refractivity contribution in [3.8, 4) is 0 Å². The van der Waals surface area contributed by atoms with Crippen LogP contribution in [0.2, 0.25) is 0 Å². The van der Waals surface area contributed by atoms with Crippen molar-refractivity contribution in [3.05, 3.63) is 0 Å². The van der Waals surface area contributed by atoms with Gasteiger partial charge in [0.1, 0.15) is 0 Å². The molecule has 0 aromatic rings. The average Bonchev–Trinajstić information content (AvgIpc) is 2.27. The van der Waals surface area contributed by atoms with Crippen molar-refractivity contribution < 1.29 is 4.74 Å². The molecular formula is C14H28N2O. The van der Waals surface area contributed by atoms with E-state index in [9.17, 15) is 0 Å². The molecule has 0 aromatic heterocycles. The summed E-state index contributed by atoms with van der Waals surface area (Å²) in [5, 5.41) is 0. The lowest BCUT2D eigenvalue weighted by Crippen LogP contribution is -2.62. The van der Waals surface area contributed by atoms with E-state index in [1.54, 1.807) is 0 Å². The summed E-state index contributed by atoms with van der Waals surface area (Å²) in [6.45, 7) is 9.63. The molecule has 1 aliphatic carbocycles. The van der Waals surface area contributed by atoms with Gasteiger partial charge < -0.3 is 10.5 Å². The molecule has 17 heavy (non-hydrogen) atoms. The van der Waals surface area contributed by atoms with Crippen LogP contribution in [-0.4, -0.2) is 42.3 Å². The fourth-order valence-corrected chi connectivity index (χ4v) is 3.80. The van der Waals surface area contributed by atoms with E-state index < -0.39 is 0 Å². The average molecular weight is 240 g/mol. The summed E-state index contributed by atoms with van der Waals surface area (Å²) < 4.78 is 5.84. The summed E-state index contributed by atoms with van der Waals surface area (Å²) in [5.74, 6) is 0.820. The predicted octanol–water partition coefficient (Wildman–Crippen LogP) is 2.00. The number of rotatable bonds is 2. The third-order valence-electron chi connectivity index (χ3n) is 4.54. The normalized spacial score (nSPS) is 44.8. The van der Waals surface area contributed by atoms with Crippen LogP contribution < -0.4 is 5.73 Å². The molecule has 2 rings (SSSR count). The standard InChI is InChI=1S/C14H28N2O/c1-11-5-4-6-14(7-11,10-15)16-8-12(2)17-13(3)9-16/h11-13H,4-10,15H2,1-3H3. The van der Waals surface area contributed by atoms with Gasteiger partial charge in [-0.15, -0.1) is 0 Å². The number of hydrogen-bond acceptors (Lipinski definition) is 3. The van der Waals surface area contributed by atoms with Gasteiger partial charge in [-0.1, -0.05) is 19.8 Å². The molecule has 2 aliphatic rings. The van der Waals surface area contributed by atoms with Crippen molar-refractivity contribution in [2.24, 2.45) is 11.7 Å². The molecule has 2 fully saturated rings. The maximum Gasteiger partial charge on any atom is 0.0678 e. The van der Waals surface area contributed by atoms with Crippen LogP contribution in [0.3, 0.4) is 0 Å². The van der Waals surface area contributed by atoms with E-state index in [0.29, 0.717) is 12.2 Å². The highest BCUT2D eigenvalue weighted by molar-refractivity contribution is 4.98. The second-order valence-corrected chi connectivity index (χ2v) is 6.29. The number of nitrogens with zero attached hydrogens (tertiary/aromatic N) is 1. The zero-order valence-electron chi connectivity index (χ0n) is 11.6. The first-order valence-electron chi connectivity index (χ1n) is 7.16. The van der Waals surface area contributed by atoms with Gasteiger partial charge >= 0.3 is 0 Å². The summed E-state index contributed by atoms with van der Waals surface area (Å²) in [6, 6.07) is 0. The molecule has 0 bridgehead atoms. The Morgan fingerprint density at radius 1 is 1.24 bits per heavy atom. The second kappa shape index (κ2) is 5.25. The van der Waals surface area contributed by atoms with Crippen molar-refractivity contribution in [3.63, 3.8) is 0 Å². The van der Waals surface area contributed by atoms with Crippen LogP contribution in [0.15, 0.2) is 0 Å². The van der Waals surface area contributed by atoms with Gasteiger partial charge in [0.05, 0.1) is 12.2 Å². The molecule has 1 heterocycles. The minimum absolute atomic E-state index is 0.254. The van der Waals surface area contributed by atoms with Crippen molar-refractivity contribution >= 4 is 0 Å². The van der Waals surface area contributed by atoms with E-state index in [4.69, 9.17) is 10.5 Å². The van der Waals surface area contributed by atoms with E-state index in [0.717, 1.165) is 25.6 Å². The molecule has 4 unspecified atom stereocenters. The molecule has 1 saturated heterocycles. The first-order chi connectivity index (χ1) is 8.05. The third kappa shape index (κ3) is 2.83. The number of ether oxygens (including phenoxy) is 1. The third-order valence-corrected chi connectivity index (χ3v) is 4.54. The Hall–Kier alpha value is -0.120. The van der Waals surface area contributed by atoms with E-state index >= 15 is 0 Å². The minimum Gasteiger partial charge on any atom is -0.373 e. The molecule has 2 N–H and O–H groups in total. The van der Waals surface area contributed by atoms with Crippen LogP contribution in [0.4, 0.5) is 0 Å². The highest BCUT2D eigenvalue weighted by Gasteiger charge is 2.41. The molecule has 0 radical (unpaired) electrons. The van der Waals surface area contributed by atoms with Crippen LogP contribution in [0.25, 0.3) is 0 Å². The Balaban J connectivity index is 2.10. The van der Waals surface area contributed by atoms with Crippen molar-refractivity contribution in [2.45, 2.75) is 64.2 Å². The fourth-order valence-electron chi connectivity index (χ4n) is 3.80. The molecule has 100 valence electrons. The molecule has 0 aromatic carbocycles. The van der Waals surface area contributed by atoms with Crippen LogP contribution in [-0.2, 0) is 4.74 Å². The van der Waals surface area contributed by atoms with Crippen LogP contribution in [0.5, 0.6) is 0 Å². The Labute approximate surface area is 106 Å². The summed E-state index contributed by atoms with van der Waals surface area (Å²) >= 11 is 0. The zero-order chi connectivity index (χ0) is 12.5. The SMILES string of the molecule is CC1CCCC(CN)(N2CC(C)OC(C)C2)C1. The van der Waals surface area contributed by atoms with Crippen LogP contribution in [0.1, 0.15) is 46.5 Å². The number of hydrogen-bond donors (Lipinski definition) is 1. The summed E-state index contributed by atoms with van der Waals surface area (Å²) in [5.41, 5.74) is 6.39. The minimum atomic E-state index is 0.254. The predicted molar refractivity (Wildman–Crippen MR) is 71.0 cm³/mol. The zero-order valence-corrected chi connectivity index (χ0v) is 11.6. The Bertz CT molecular complexity index is 249. The quantitative estimate of drug-likeness (QED) is 0.802. The summed E-state index contributed by atoms with van der Waals surface area (Å²) in [6.07, 6.45) is 5.94. The maximum absolute atomic E-state index is 6.14. The smallest absolute Gasteiger partial charge is 0.0678 e. The number of morpholine rings is 1. The van der Waals surface area contributed by atoms with E-state index in [2.05, 4.69) is 25.7 Å². The largest absolute Gasteiger partial charge is 0.373 e. The number of nitrogens with two attached hydrogens (primary N) is 1. The van der Waals surface area contributed by atoms with Gasteiger partial charge in [0, 0.05) is 25.2 Å². The van der Waals surface area contributed by atoms with Gasteiger partial charge in [-0.25, -0.2) is 0 Å². The van der Waals surface area contributed by atoms with Gasteiger partial charge in [0.15, 0.2) is 0 Å². The first-order valence-corrected chi connectivity index (χ1v) is 7.16. The van der Waals surface area contributed by atoms with Crippen molar-refractivity contribution in [2.75, 3.05) is 19.6 Å². The topological polar surface area (TPSA) is 38.5 Å². The molecule has 4 atom stereocenters. The van der Waals surface area contributed by atoms with Gasteiger partial charge in [-0.2, -0.15) is 0 Å². The van der Waals surface area contributed by atoms with E-state index in [-0.39, 0.29) is 5.54 Å². The summed E-state index contributed by atoms with van der Waals surface area (Å²) in [4.78, 5) is 2.63. The molecule has 1 saturated carbocycles. The molecule has 0 spiro atoms. The lowest BCUT2D eigenvalue weighted by atomic mass is 9.75. The van der Waals surface area contributed by atoms with E-state index in [1.165, 1.54) is 25.7 Å². The second-order valence-electron chi connectivity index (χ2n) is 6.29. The maximum atomic E-state index is 6.14. The Morgan fingerprint density at radius 3 is 2.41 bits per heavy atom.